The number of methoxy groups -OCH3 is 1. The molecule has 0 atom stereocenters. The third kappa shape index (κ3) is 2.53. The van der Waals surface area contributed by atoms with Crippen LogP contribution in [0.25, 0.3) is 11.0 Å². The predicted octanol–water partition coefficient (Wildman–Crippen LogP) is 2.91. The van der Waals surface area contributed by atoms with Gasteiger partial charge in [-0.3, -0.25) is 0 Å². The van der Waals surface area contributed by atoms with Gasteiger partial charge in [0, 0.05) is 7.05 Å². The summed E-state index contributed by atoms with van der Waals surface area (Å²) in [5.41, 5.74) is 3.67. The fourth-order valence-corrected chi connectivity index (χ4v) is 2.47. The summed E-state index contributed by atoms with van der Waals surface area (Å²) in [6, 6.07) is 15.4. The van der Waals surface area contributed by atoms with Crippen LogP contribution in [0, 0.1) is 0 Å². The molecule has 0 saturated carbocycles. The van der Waals surface area contributed by atoms with Gasteiger partial charge in [-0.1, -0.05) is 24.3 Å². The molecule has 1 aromatic heterocycles. The molecule has 1 N–H and O–H groups in total. The van der Waals surface area contributed by atoms with E-state index in [-0.39, 0.29) is 5.97 Å². The highest BCUT2D eigenvalue weighted by Crippen LogP contribution is 2.21. The van der Waals surface area contributed by atoms with Crippen LogP contribution < -0.4 is 5.32 Å². The monoisotopic (exact) mass is 295 g/mol. The minimum Gasteiger partial charge on any atom is -0.465 e. The minimum absolute atomic E-state index is 0.324. The Bertz CT molecular complexity index is 806. The number of esters is 1. The second-order valence-corrected chi connectivity index (χ2v) is 4.95. The SMILES string of the molecule is CNc1nc2ccccc2n1Cc1ccc(C(=O)OC)cc1. The van der Waals surface area contributed by atoms with Crippen LogP contribution in [0.1, 0.15) is 15.9 Å². The van der Waals surface area contributed by atoms with Gasteiger partial charge in [0.1, 0.15) is 0 Å². The summed E-state index contributed by atoms with van der Waals surface area (Å²) in [6.07, 6.45) is 0. The normalized spacial score (nSPS) is 10.6. The van der Waals surface area contributed by atoms with Crippen molar-refractivity contribution in [3.8, 4) is 0 Å². The maximum Gasteiger partial charge on any atom is 0.337 e. The van der Waals surface area contributed by atoms with Crippen molar-refractivity contribution in [1.82, 2.24) is 9.55 Å². The molecule has 22 heavy (non-hydrogen) atoms. The molecular formula is C17H17N3O2. The second-order valence-electron chi connectivity index (χ2n) is 4.95. The number of ether oxygens (including phenoxy) is 1. The van der Waals surface area contributed by atoms with Crippen LogP contribution in [0.15, 0.2) is 48.5 Å². The molecule has 3 rings (SSSR count). The molecule has 0 saturated heterocycles. The molecule has 0 amide bonds. The molecule has 0 aliphatic carbocycles. The van der Waals surface area contributed by atoms with Crippen molar-refractivity contribution in [2.45, 2.75) is 6.54 Å². The fraction of sp³-hybridized carbons (Fsp3) is 0.176. The van der Waals surface area contributed by atoms with Gasteiger partial charge in [0.05, 0.1) is 30.3 Å². The summed E-state index contributed by atoms with van der Waals surface area (Å²) < 4.78 is 6.83. The van der Waals surface area contributed by atoms with Crippen molar-refractivity contribution in [2.75, 3.05) is 19.5 Å². The number of anilines is 1. The average Bonchev–Trinajstić information content (AvgIpc) is 2.93. The molecule has 0 bridgehead atoms. The maximum absolute atomic E-state index is 11.5. The summed E-state index contributed by atoms with van der Waals surface area (Å²) in [5, 5.41) is 3.12. The molecule has 0 fully saturated rings. The third-order valence-electron chi connectivity index (χ3n) is 3.59. The van der Waals surface area contributed by atoms with E-state index >= 15 is 0 Å². The van der Waals surface area contributed by atoms with Crippen molar-refractivity contribution >= 4 is 23.0 Å². The first-order chi connectivity index (χ1) is 10.7. The highest BCUT2D eigenvalue weighted by atomic mass is 16.5. The van der Waals surface area contributed by atoms with Gasteiger partial charge in [0.2, 0.25) is 5.95 Å². The molecule has 3 aromatic rings. The van der Waals surface area contributed by atoms with Gasteiger partial charge in [-0.15, -0.1) is 0 Å². The predicted molar refractivity (Wildman–Crippen MR) is 86.2 cm³/mol. The molecule has 0 aliphatic heterocycles. The summed E-state index contributed by atoms with van der Waals surface area (Å²) >= 11 is 0. The van der Waals surface area contributed by atoms with Crippen LogP contribution in [0.4, 0.5) is 5.95 Å². The topological polar surface area (TPSA) is 56.2 Å². The Morgan fingerprint density at radius 2 is 1.91 bits per heavy atom. The minimum atomic E-state index is -0.324. The number of para-hydroxylation sites is 2. The zero-order chi connectivity index (χ0) is 15.5. The van der Waals surface area contributed by atoms with Crippen molar-refractivity contribution in [1.29, 1.82) is 0 Å². The highest BCUT2D eigenvalue weighted by molar-refractivity contribution is 5.89. The lowest BCUT2D eigenvalue weighted by atomic mass is 10.1. The number of aromatic nitrogens is 2. The Morgan fingerprint density at radius 1 is 1.18 bits per heavy atom. The van der Waals surface area contributed by atoms with Gasteiger partial charge in [0.15, 0.2) is 0 Å². The Morgan fingerprint density at radius 3 is 2.59 bits per heavy atom. The summed E-state index contributed by atoms with van der Waals surface area (Å²) in [5.74, 6) is 0.494. The molecular weight excluding hydrogens is 278 g/mol. The third-order valence-corrected chi connectivity index (χ3v) is 3.59. The molecule has 2 aromatic carbocycles. The number of hydrogen-bond donors (Lipinski definition) is 1. The Balaban J connectivity index is 1.94. The van der Waals surface area contributed by atoms with Crippen molar-refractivity contribution < 1.29 is 9.53 Å². The molecule has 112 valence electrons. The first-order valence-electron chi connectivity index (χ1n) is 7.03. The van der Waals surface area contributed by atoms with E-state index in [1.54, 1.807) is 12.1 Å². The Labute approximate surface area is 128 Å². The smallest absolute Gasteiger partial charge is 0.337 e. The lowest BCUT2D eigenvalue weighted by Crippen LogP contribution is -2.06. The Kier molecular flexibility index (Phi) is 3.78. The number of fused-ring (bicyclic) bond motifs is 1. The summed E-state index contributed by atoms with van der Waals surface area (Å²) in [4.78, 5) is 16.0. The standard InChI is InChI=1S/C17H17N3O2/c1-18-17-19-14-5-3-4-6-15(14)20(17)11-12-7-9-13(10-8-12)16(21)22-2/h3-10H,11H2,1-2H3,(H,18,19). The van der Waals surface area contributed by atoms with Crippen molar-refractivity contribution in [2.24, 2.45) is 0 Å². The molecule has 1 heterocycles. The molecule has 0 radical (unpaired) electrons. The highest BCUT2D eigenvalue weighted by Gasteiger charge is 2.10. The van der Waals surface area contributed by atoms with E-state index < -0.39 is 0 Å². The number of benzene rings is 2. The average molecular weight is 295 g/mol. The maximum atomic E-state index is 11.5. The number of nitrogens with one attached hydrogen (secondary N) is 1. The first-order valence-corrected chi connectivity index (χ1v) is 7.03. The molecule has 0 unspecified atom stereocenters. The van der Waals surface area contributed by atoms with E-state index in [9.17, 15) is 4.79 Å². The van der Waals surface area contributed by atoms with Crippen LogP contribution in [0.5, 0.6) is 0 Å². The van der Waals surface area contributed by atoms with Crippen LogP contribution in [-0.4, -0.2) is 29.7 Å². The van der Waals surface area contributed by atoms with E-state index in [2.05, 4.69) is 14.9 Å². The van der Waals surface area contributed by atoms with Gasteiger partial charge < -0.3 is 14.6 Å². The number of carbonyl (C=O) groups excluding carboxylic acids is 1. The van der Waals surface area contributed by atoms with Crippen LogP contribution >= 0.6 is 0 Å². The van der Waals surface area contributed by atoms with E-state index in [4.69, 9.17) is 4.74 Å². The zero-order valence-corrected chi connectivity index (χ0v) is 12.5. The largest absolute Gasteiger partial charge is 0.465 e. The molecule has 5 nitrogen and oxygen atoms in total. The molecule has 5 heteroatoms. The summed E-state index contributed by atoms with van der Waals surface area (Å²) in [6.45, 7) is 0.679. The Hall–Kier alpha value is -2.82. The van der Waals surface area contributed by atoms with E-state index in [0.29, 0.717) is 12.1 Å². The van der Waals surface area contributed by atoms with Crippen LogP contribution in [0.3, 0.4) is 0 Å². The number of imidazole rings is 1. The van der Waals surface area contributed by atoms with E-state index in [0.717, 1.165) is 22.5 Å². The molecule has 0 aliphatic rings. The van der Waals surface area contributed by atoms with Gasteiger partial charge in [-0.25, -0.2) is 9.78 Å². The van der Waals surface area contributed by atoms with Gasteiger partial charge in [0.25, 0.3) is 0 Å². The van der Waals surface area contributed by atoms with Crippen LogP contribution in [0.2, 0.25) is 0 Å². The number of hydrogen-bond acceptors (Lipinski definition) is 4. The van der Waals surface area contributed by atoms with Gasteiger partial charge >= 0.3 is 5.97 Å². The fourth-order valence-electron chi connectivity index (χ4n) is 2.47. The lowest BCUT2D eigenvalue weighted by Gasteiger charge is -2.09. The molecule has 0 spiro atoms. The zero-order valence-electron chi connectivity index (χ0n) is 12.5. The second kappa shape index (κ2) is 5.89. The van der Waals surface area contributed by atoms with E-state index in [1.807, 2.05) is 43.4 Å². The van der Waals surface area contributed by atoms with Crippen molar-refractivity contribution in [3.05, 3.63) is 59.7 Å². The number of rotatable bonds is 4. The van der Waals surface area contributed by atoms with Gasteiger partial charge in [-0.2, -0.15) is 0 Å². The van der Waals surface area contributed by atoms with Gasteiger partial charge in [-0.05, 0) is 29.8 Å². The lowest BCUT2D eigenvalue weighted by molar-refractivity contribution is 0.0600. The van der Waals surface area contributed by atoms with E-state index in [1.165, 1.54) is 7.11 Å². The summed E-state index contributed by atoms with van der Waals surface area (Å²) in [7, 11) is 3.24. The number of nitrogens with zero attached hydrogens (tertiary/aromatic N) is 2. The quantitative estimate of drug-likeness (QED) is 0.752. The first kappa shape index (κ1) is 14.1. The number of carbonyl (C=O) groups is 1. The van der Waals surface area contributed by atoms with Crippen molar-refractivity contribution in [3.63, 3.8) is 0 Å². The van der Waals surface area contributed by atoms with Crippen LogP contribution in [-0.2, 0) is 11.3 Å².